The zero-order valence-electron chi connectivity index (χ0n) is 9.16. The van der Waals surface area contributed by atoms with Crippen molar-refractivity contribution < 1.29 is 14.7 Å². The number of nitrogens with one attached hydrogen (secondary N) is 2. The minimum atomic E-state index is -0.466. The van der Waals surface area contributed by atoms with E-state index >= 15 is 0 Å². The number of carbonyl (C=O) groups is 1. The molecule has 0 atom stereocenters. The Labute approximate surface area is 92.2 Å². The molecule has 0 fully saturated rings. The maximum absolute atomic E-state index is 11.5. The van der Waals surface area contributed by atoms with Gasteiger partial charge in [-0.2, -0.15) is 0 Å². The average Bonchev–Trinajstić information content (AvgIpc) is 2.25. The first kappa shape index (κ1) is 12.3. The van der Waals surface area contributed by atoms with Gasteiger partial charge in [0.25, 0.3) is 5.56 Å². The molecule has 1 aromatic rings. The number of anilines is 1. The summed E-state index contributed by atoms with van der Waals surface area (Å²) >= 11 is 0. The first-order valence-corrected chi connectivity index (χ1v) is 4.87. The number of aromatic nitrogens is 1. The van der Waals surface area contributed by atoms with E-state index in [9.17, 15) is 9.59 Å². The van der Waals surface area contributed by atoms with Crippen LogP contribution in [-0.2, 0) is 16.0 Å². The molecule has 6 heteroatoms. The highest BCUT2D eigenvalue weighted by molar-refractivity contribution is 5.73. The van der Waals surface area contributed by atoms with Crippen LogP contribution in [0.4, 0.5) is 5.69 Å². The summed E-state index contributed by atoms with van der Waals surface area (Å²) in [5.41, 5.74) is 2.77. The van der Waals surface area contributed by atoms with Gasteiger partial charge in [0.15, 0.2) is 0 Å². The van der Waals surface area contributed by atoms with Crippen molar-refractivity contribution in [3.8, 4) is 0 Å². The number of H-pyrrole nitrogens is 1. The molecular formula is C10H14N2O4. The highest BCUT2D eigenvalue weighted by Gasteiger charge is 2.13. The lowest BCUT2D eigenvalue weighted by atomic mass is 10.1. The molecular weight excluding hydrogens is 212 g/mol. The summed E-state index contributed by atoms with van der Waals surface area (Å²) in [5.74, 6) is -0.466. The number of rotatable bonds is 4. The summed E-state index contributed by atoms with van der Waals surface area (Å²) < 4.78 is 4.75. The van der Waals surface area contributed by atoms with E-state index in [2.05, 4.69) is 4.98 Å². The third kappa shape index (κ3) is 2.60. The summed E-state index contributed by atoms with van der Waals surface area (Å²) in [5, 5.41) is 8.78. The Morgan fingerprint density at radius 1 is 1.62 bits per heavy atom. The molecule has 1 rings (SSSR count). The van der Waals surface area contributed by atoms with Gasteiger partial charge in [0, 0.05) is 11.8 Å². The number of esters is 1. The Balaban J connectivity index is 3.03. The summed E-state index contributed by atoms with van der Waals surface area (Å²) in [6.07, 6.45) is 1.23. The third-order valence-electron chi connectivity index (χ3n) is 2.23. The van der Waals surface area contributed by atoms with Gasteiger partial charge in [-0.15, -0.1) is 0 Å². The van der Waals surface area contributed by atoms with Gasteiger partial charge >= 0.3 is 5.97 Å². The lowest BCUT2D eigenvalue weighted by Crippen LogP contribution is -2.20. The van der Waals surface area contributed by atoms with E-state index in [0.29, 0.717) is 11.3 Å². The molecule has 0 radical (unpaired) electrons. The number of ether oxygens (including phenoxy) is 1. The molecule has 6 nitrogen and oxygen atoms in total. The van der Waals surface area contributed by atoms with Gasteiger partial charge < -0.3 is 9.72 Å². The maximum Gasteiger partial charge on any atom is 0.310 e. The molecule has 1 aromatic heterocycles. The van der Waals surface area contributed by atoms with Gasteiger partial charge in [0.05, 0.1) is 18.7 Å². The standard InChI is InChI=1S/C10H14N2O4/c1-3-16-9(13)4-7-6(2)8(12-15)5-11-10(7)14/h5,12,15H,3-4H2,1-2H3,(H,11,14). The quantitative estimate of drug-likeness (QED) is 0.516. The lowest BCUT2D eigenvalue weighted by Gasteiger charge is -2.08. The predicted octanol–water partition coefficient (Wildman–Crippen LogP) is 0.590. The smallest absolute Gasteiger partial charge is 0.310 e. The summed E-state index contributed by atoms with van der Waals surface area (Å²) in [6.45, 7) is 3.61. The van der Waals surface area contributed by atoms with Crippen LogP contribution in [0.15, 0.2) is 11.0 Å². The molecule has 0 aliphatic carbocycles. The average molecular weight is 226 g/mol. The van der Waals surface area contributed by atoms with Crippen molar-refractivity contribution in [1.29, 1.82) is 0 Å². The Bertz CT molecular complexity index is 439. The highest BCUT2D eigenvalue weighted by atomic mass is 16.5. The van der Waals surface area contributed by atoms with Crippen LogP contribution in [0.5, 0.6) is 0 Å². The number of aromatic amines is 1. The Hall–Kier alpha value is -1.82. The molecule has 0 aliphatic rings. The van der Waals surface area contributed by atoms with E-state index in [4.69, 9.17) is 9.94 Å². The van der Waals surface area contributed by atoms with E-state index in [0.717, 1.165) is 0 Å². The largest absolute Gasteiger partial charge is 0.466 e. The SMILES string of the molecule is CCOC(=O)Cc1c(C)c(NO)c[nH]c1=O. The van der Waals surface area contributed by atoms with Crippen molar-refractivity contribution in [2.45, 2.75) is 20.3 Å². The van der Waals surface area contributed by atoms with Crippen LogP contribution in [0.25, 0.3) is 0 Å². The molecule has 0 amide bonds. The minimum absolute atomic E-state index is 0.107. The van der Waals surface area contributed by atoms with Gasteiger partial charge in [-0.3, -0.25) is 20.3 Å². The number of hydrogen-bond donors (Lipinski definition) is 3. The fourth-order valence-electron chi connectivity index (χ4n) is 1.35. The van der Waals surface area contributed by atoms with Crippen molar-refractivity contribution >= 4 is 11.7 Å². The minimum Gasteiger partial charge on any atom is -0.466 e. The number of carbonyl (C=O) groups excluding carboxylic acids is 1. The Morgan fingerprint density at radius 2 is 2.31 bits per heavy atom. The van der Waals surface area contributed by atoms with Crippen LogP contribution in [-0.4, -0.2) is 22.8 Å². The summed E-state index contributed by atoms with van der Waals surface area (Å²) in [4.78, 5) is 25.2. The van der Waals surface area contributed by atoms with Gasteiger partial charge in [0.2, 0.25) is 0 Å². The van der Waals surface area contributed by atoms with E-state index in [1.807, 2.05) is 5.48 Å². The molecule has 0 saturated carbocycles. The second-order valence-electron chi connectivity index (χ2n) is 3.23. The molecule has 88 valence electrons. The third-order valence-corrected chi connectivity index (χ3v) is 2.23. The molecule has 1 heterocycles. The van der Waals surface area contributed by atoms with Gasteiger partial charge in [0.1, 0.15) is 0 Å². The number of hydrogen-bond acceptors (Lipinski definition) is 5. The van der Waals surface area contributed by atoms with Crippen molar-refractivity contribution in [1.82, 2.24) is 4.98 Å². The van der Waals surface area contributed by atoms with Crippen molar-refractivity contribution in [3.63, 3.8) is 0 Å². The van der Waals surface area contributed by atoms with Gasteiger partial charge in [-0.1, -0.05) is 0 Å². The molecule has 0 aromatic carbocycles. The second-order valence-corrected chi connectivity index (χ2v) is 3.23. The second kappa shape index (κ2) is 5.32. The van der Waals surface area contributed by atoms with E-state index in [-0.39, 0.29) is 24.2 Å². The van der Waals surface area contributed by atoms with Crippen LogP contribution in [0.1, 0.15) is 18.1 Å². The molecule has 0 bridgehead atoms. The zero-order chi connectivity index (χ0) is 12.1. The van der Waals surface area contributed by atoms with Crippen LogP contribution in [0.2, 0.25) is 0 Å². The molecule has 0 aliphatic heterocycles. The Morgan fingerprint density at radius 3 is 2.88 bits per heavy atom. The van der Waals surface area contributed by atoms with Crippen LogP contribution < -0.4 is 11.0 Å². The summed E-state index contributed by atoms with van der Waals surface area (Å²) in [6, 6.07) is 0. The van der Waals surface area contributed by atoms with Gasteiger partial charge in [-0.05, 0) is 19.4 Å². The van der Waals surface area contributed by atoms with Crippen molar-refractivity contribution in [2.75, 3.05) is 12.1 Å². The van der Waals surface area contributed by atoms with E-state index in [1.165, 1.54) is 6.20 Å². The molecule has 0 saturated heterocycles. The van der Waals surface area contributed by atoms with E-state index < -0.39 is 5.97 Å². The lowest BCUT2D eigenvalue weighted by molar-refractivity contribution is -0.142. The monoisotopic (exact) mass is 226 g/mol. The van der Waals surface area contributed by atoms with Crippen LogP contribution in [0, 0.1) is 6.92 Å². The van der Waals surface area contributed by atoms with E-state index in [1.54, 1.807) is 13.8 Å². The van der Waals surface area contributed by atoms with Crippen molar-refractivity contribution in [2.24, 2.45) is 0 Å². The highest BCUT2D eigenvalue weighted by Crippen LogP contribution is 2.14. The predicted molar refractivity (Wildman–Crippen MR) is 57.5 cm³/mol. The maximum atomic E-state index is 11.5. The Kier molecular flexibility index (Phi) is 4.07. The normalized spacial score (nSPS) is 9.94. The first-order valence-electron chi connectivity index (χ1n) is 4.87. The first-order chi connectivity index (χ1) is 7.60. The van der Waals surface area contributed by atoms with Gasteiger partial charge in [-0.25, -0.2) is 0 Å². The fourth-order valence-corrected chi connectivity index (χ4v) is 1.35. The zero-order valence-corrected chi connectivity index (χ0v) is 9.16. The molecule has 0 spiro atoms. The number of pyridine rings is 1. The fraction of sp³-hybridized carbons (Fsp3) is 0.400. The van der Waals surface area contributed by atoms with Crippen LogP contribution in [0.3, 0.4) is 0 Å². The summed E-state index contributed by atoms with van der Waals surface area (Å²) in [7, 11) is 0. The molecule has 0 unspecified atom stereocenters. The molecule has 3 N–H and O–H groups in total. The molecule has 16 heavy (non-hydrogen) atoms. The van der Waals surface area contributed by atoms with Crippen molar-refractivity contribution in [3.05, 3.63) is 27.7 Å². The topological polar surface area (TPSA) is 91.4 Å². The van der Waals surface area contributed by atoms with Crippen LogP contribution >= 0.6 is 0 Å².